The molecule has 0 fully saturated rings. The highest BCUT2D eigenvalue weighted by Crippen LogP contribution is 2.28. The second kappa shape index (κ2) is 9.93. The number of hydrogen-bond acceptors (Lipinski definition) is 6. The zero-order valence-electron chi connectivity index (χ0n) is 14.5. The van der Waals surface area contributed by atoms with Crippen molar-refractivity contribution in [3.8, 4) is 11.5 Å². The number of nitrogens with one attached hydrogen (secondary N) is 1. The summed E-state index contributed by atoms with van der Waals surface area (Å²) in [5.41, 5.74) is 4.85. The summed E-state index contributed by atoms with van der Waals surface area (Å²) in [6.45, 7) is 4.88. The van der Waals surface area contributed by atoms with E-state index in [0.717, 1.165) is 40.9 Å². The minimum Gasteiger partial charge on any atom is -0.493 e. The van der Waals surface area contributed by atoms with E-state index < -0.39 is 0 Å². The van der Waals surface area contributed by atoms with Crippen molar-refractivity contribution in [2.45, 2.75) is 39.5 Å². The first-order chi connectivity index (χ1) is 11.7. The van der Waals surface area contributed by atoms with Crippen LogP contribution in [-0.4, -0.2) is 24.9 Å². The molecular weight excluding hydrogens is 322 g/mol. The van der Waals surface area contributed by atoms with Gasteiger partial charge in [-0.25, -0.2) is 4.98 Å². The Bertz CT molecular complexity index is 655. The minimum atomic E-state index is 0.717. The molecule has 6 heteroatoms. The molecule has 130 valence electrons. The van der Waals surface area contributed by atoms with E-state index in [1.807, 2.05) is 30.5 Å². The number of aryl methyl sites for hydroxylation is 1. The molecule has 0 amide bonds. The smallest absolute Gasteiger partial charge is 0.203 e. The van der Waals surface area contributed by atoms with Crippen LogP contribution in [0.15, 0.2) is 28.7 Å². The van der Waals surface area contributed by atoms with Crippen LogP contribution in [0.3, 0.4) is 0 Å². The van der Waals surface area contributed by atoms with Crippen LogP contribution in [-0.2, 0) is 0 Å². The Hall–Kier alpha value is -2.08. The molecule has 0 spiro atoms. The Labute approximate surface area is 147 Å². The second-order valence-electron chi connectivity index (χ2n) is 5.48. The lowest BCUT2D eigenvalue weighted by Gasteiger charge is -2.11. The van der Waals surface area contributed by atoms with Gasteiger partial charge in [0.2, 0.25) is 5.13 Å². The Balaban J connectivity index is 1.90. The molecule has 1 aromatic carbocycles. The Kier molecular flexibility index (Phi) is 7.55. The van der Waals surface area contributed by atoms with E-state index >= 15 is 0 Å². The summed E-state index contributed by atoms with van der Waals surface area (Å²) in [4.78, 5) is 4.29. The van der Waals surface area contributed by atoms with E-state index in [9.17, 15) is 0 Å². The molecule has 0 saturated carbocycles. The van der Waals surface area contributed by atoms with E-state index in [2.05, 4.69) is 22.4 Å². The number of aromatic nitrogens is 1. The molecule has 1 heterocycles. The Morgan fingerprint density at radius 2 is 2.12 bits per heavy atom. The molecule has 1 aromatic heterocycles. The predicted octanol–water partition coefficient (Wildman–Crippen LogP) is 4.87. The zero-order chi connectivity index (χ0) is 17.2. The van der Waals surface area contributed by atoms with Gasteiger partial charge < -0.3 is 9.47 Å². The summed E-state index contributed by atoms with van der Waals surface area (Å²) in [6, 6.07) is 5.80. The number of hydrazone groups is 1. The summed E-state index contributed by atoms with van der Waals surface area (Å²) in [5, 5.41) is 6.96. The topological polar surface area (TPSA) is 55.7 Å². The molecule has 0 atom stereocenters. The van der Waals surface area contributed by atoms with Gasteiger partial charge >= 0.3 is 0 Å². The van der Waals surface area contributed by atoms with Gasteiger partial charge in [0.25, 0.3) is 0 Å². The Morgan fingerprint density at radius 1 is 1.25 bits per heavy atom. The molecule has 24 heavy (non-hydrogen) atoms. The summed E-state index contributed by atoms with van der Waals surface area (Å²) in [5.74, 6) is 1.49. The lowest BCUT2D eigenvalue weighted by molar-refractivity contribution is 0.285. The second-order valence-corrected chi connectivity index (χ2v) is 6.34. The van der Waals surface area contributed by atoms with Gasteiger partial charge in [0.05, 0.1) is 25.6 Å². The third-order valence-electron chi connectivity index (χ3n) is 3.44. The van der Waals surface area contributed by atoms with Crippen LogP contribution < -0.4 is 14.9 Å². The number of benzene rings is 1. The fourth-order valence-corrected chi connectivity index (χ4v) is 2.80. The number of ether oxygens (including phenoxy) is 2. The highest BCUT2D eigenvalue weighted by atomic mass is 32.1. The number of unbranched alkanes of at least 4 members (excludes halogenated alkanes) is 3. The Morgan fingerprint density at radius 3 is 2.83 bits per heavy atom. The van der Waals surface area contributed by atoms with Crippen LogP contribution in [0.25, 0.3) is 0 Å². The van der Waals surface area contributed by atoms with Crippen LogP contribution in [0.1, 0.15) is 43.9 Å². The first kappa shape index (κ1) is 18.3. The number of anilines is 1. The highest BCUT2D eigenvalue weighted by molar-refractivity contribution is 7.13. The fourth-order valence-electron chi connectivity index (χ4n) is 2.16. The van der Waals surface area contributed by atoms with E-state index in [0.29, 0.717) is 0 Å². The van der Waals surface area contributed by atoms with E-state index in [-0.39, 0.29) is 0 Å². The van der Waals surface area contributed by atoms with Gasteiger partial charge in [0.1, 0.15) is 0 Å². The lowest BCUT2D eigenvalue weighted by Crippen LogP contribution is -2.00. The van der Waals surface area contributed by atoms with Crippen LogP contribution in [0, 0.1) is 6.92 Å². The van der Waals surface area contributed by atoms with Gasteiger partial charge in [0, 0.05) is 5.38 Å². The molecule has 0 radical (unpaired) electrons. The predicted molar refractivity (Wildman–Crippen MR) is 101 cm³/mol. The van der Waals surface area contributed by atoms with Crippen molar-refractivity contribution in [2.75, 3.05) is 19.1 Å². The molecule has 0 aliphatic carbocycles. The van der Waals surface area contributed by atoms with Crippen LogP contribution in [0.4, 0.5) is 5.13 Å². The largest absolute Gasteiger partial charge is 0.493 e. The maximum absolute atomic E-state index is 5.81. The molecule has 1 N–H and O–H groups in total. The van der Waals surface area contributed by atoms with Crippen molar-refractivity contribution in [2.24, 2.45) is 5.10 Å². The maximum atomic E-state index is 5.81. The SMILES string of the molecule is CCCCCCOc1ccc(/C=N\Nc2nc(C)cs2)cc1OC. The minimum absolute atomic E-state index is 0.717. The van der Waals surface area contributed by atoms with Gasteiger partial charge in [-0.2, -0.15) is 5.10 Å². The van der Waals surface area contributed by atoms with Gasteiger partial charge in [-0.05, 0) is 37.1 Å². The molecule has 2 aromatic rings. The maximum Gasteiger partial charge on any atom is 0.203 e. The quantitative estimate of drug-likeness (QED) is 0.379. The van der Waals surface area contributed by atoms with E-state index in [4.69, 9.17) is 9.47 Å². The average molecular weight is 347 g/mol. The van der Waals surface area contributed by atoms with Crippen molar-refractivity contribution >= 4 is 22.7 Å². The number of thiazole rings is 1. The highest BCUT2D eigenvalue weighted by Gasteiger charge is 2.05. The van der Waals surface area contributed by atoms with Gasteiger partial charge in [-0.15, -0.1) is 11.3 Å². The van der Waals surface area contributed by atoms with Crippen molar-refractivity contribution in [1.29, 1.82) is 0 Å². The van der Waals surface area contributed by atoms with Gasteiger partial charge in [0.15, 0.2) is 11.5 Å². The van der Waals surface area contributed by atoms with Crippen LogP contribution >= 0.6 is 11.3 Å². The standard InChI is InChI=1S/C18H25N3O2S/c1-4-5-6-7-10-23-16-9-8-15(11-17(16)22-3)12-19-21-18-20-14(2)13-24-18/h8-9,11-13H,4-7,10H2,1-3H3,(H,20,21)/b19-12-. The molecule has 0 aliphatic heterocycles. The third kappa shape index (κ3) is 5.85. The number of nitrogens with zero attached hydrogens (tertiary/aromatic N) is 2. The van der Waals surface area contributed by atoms with Crippen molar-refractivity contribution in [3.05, 3.63) is 34.8 Å². The third-order valence-corrected chi connectivity index (χ3v) is 4.30. The van der Waals surface area contributed by atoms with Gasteiger partial charge in [-0.3, -0.25) is 5.43 Å². The molecule has 5 nitrogen and oxygen atoms in total. The van der Waals surface area contributed by atoms with Crippen LogP contribution in [0.2, 0.25) is 0 Å². The summed E-state index contributed by atoms with van der Waals surface area (Å²) < 4.78 is 11.2. The first-order valence-corrected chi connectivity index (χ1v) is 9.13. The molecule has 2 rings (SSSR count). The summed E-state index contributed by atoms with van der Waals surface area (Å²) in [6.07, 6.45) is 6.49. The van der Waals surface area contributed by atoms with Crippen molar-refractivity contribution in [3.63, 3.8) is 0 Å². The summed E-state index contributed by atoms with van der Waals surface area (Å²) in [7, 11) is 1.65. The molecule has 0 aliphatic rings. The zero-order valence-corrected chi connectivity index (χ0v) is 15.4. The number of hydrogen-bond donors (Lipinski definition) is 1. The molecule has 0 unspecified atom stereocenters. The summed E-state index contributed by atoms with van der Waals surface area (Å²) >= 11 is 1.53. The molecule has 0 bridgehead atoms. The fraction of sp³-hybridized carbons (Fsp3) is 0.444. The number of rotatable bonds is 10. The number of methoxy groups -OCH3 is 1. The van der Waals surface area contributed by atoms with Crippen molar-refractivity contribution in [1.82, 2.24) is 4.98 Å². The monoisotopic (exact) mass is 347 g/mol. The molecule has 0 saturated heterocycles. The van der Waals surface area contributed by atoms with Crippen LogP contribution in [0.5, 0.6) is 11.5 Å². The normalized spacial score (nSPS) is 11.0. The van der Waals surface area contributed by atoms with Gasteiger partial charge in [-0.1, -0.05) is 26.2 Å². The van der Waals surface area contributed by atoms with E-state index in [1.165, 1.54) is 30.6 Å². The average Bonchev–Trinajstić information content (AvgIpc) is 3.00. The van der Waals surface area contributed by atoms with E-state index in [1.54, 1.807) is 13.3 Å². The first-order valence-electron chi connectivity index (χ1n) is 8.25. The molecular formula is C18H25N3O2S. The van der Waals surface area contributed by atoms with Crippen molar-refractivity contribution < 1.29 is 9.47 Å². The lowest BCUT2D eigenvalue weighted by atomic mass is 10.2.